The average molecular weight is 306 g/mol. The molecule has 0 aliphatic carbocycles. The highest BCUT2D eigenvalue weighted by atomic mass is 79.9. The topological polar surface area (TPSA) is 37.8 Å². The summed E-state index contributed by atoms with van der Waals surface area (Å²) in [5, 5.41) is 3.08. The molecule has 0 atom stereocenters. The van der Waals surface area contributed by atoms with Crippen LogP contribution in [0.2, 0.25) is 0 Å². The van der Waals surface area contributed by atoms with Crippen LogP contribution >= 0.6 is 15.9 Å². The lowest BCUT2D eigenvalue weighted by molar-refractivity contribution is 1.08. The maximum atomic E-state index is 4.56. The van der Waals surface area contributed by atoms with Crippen molar-refractivity contribution in [3.8, 4) is 11.4 Å². The van der Waals surface area contributed by atoms with E-state index in [2.05, 4.69) is 63.3 Å². The minimum Gasteiger partial charge on any atom is -0.372 e. The quantitative estimate of drug-likeness (QED) is 0.915. The van der Waals surface area contributed by atoms with Gasteiger partial charge in [0.25, 0.3) is 0 Å². The molecule has 1 aromatic carbocycles. The first-order valence-corrected chi connectivity index (χ1v) is 6.61. The molecule has 0 fully saturated rings. The van der Waals surface area contributed by atoms with Crippen molar-refractivity contribution < 1.29 is 0 Å². The molecule has 0 aliphatic rings. The minimum absolute atomic E-state index is 0.765. The fraction of sp³-hybridized carbons (Fsp3) is 0.286. The molecule has 0 radical (unpaired) electrons. The highest BCUT2D eigenvalue weighted by molar-refractivity contribution is 9.10. The van der Waals surface area contributed by atoms with E-state index in [0.717, 1.165) is 27.4 Å². The largest absolute Gasteiger partial charge is 0.372 e. The number of nitrogens with one attached hydrogen (secondary N) is 1. The van der Waals surface area contributed by atoms with Crippen molar-refractivity contribution in [2.24, 2.45) is 0 Å². The molecule has 1 heterocycles. The number of rotatable bonds is 2. The predicted molar refractivity (Wildman–Crippen MR) is 78.9 cm³/mol. The van der Waals surface area contributed by atoms with Crippen LogP contribution in [-0.4, -0.2) is 17.0 Å². The number of aromatic nitrogens is 2. The fourth-order valence-corrected chi connectivity index (χ4v) is 2.20. The second kappa shape index (κ2) is 5.06. The standard InChI is InChI=1S/C14H16BrN3/c1-8-5-6-9(2)11(7-8)13-17-10(3)12(15)14(16-4)18-13/h5-7H,1-4H3,(H,16,17,18). The highest BCUT2D eigenvalue weighted by Crippen LogP contribution is 2.28. The Morgan fingerprint density at radius 3 is 2.50 bits per heavy atom. The first-order chi connectivity index (χ1) is 8.52. The van der Waals surface area contributed by atoms with Crippen molar-refractivity contribution in [2.75, 3.05) is 12.4 Å². The van der Waals surface area contributed by atoms with Crippen molar-refractivity contribution in [2.45, 2.75) is 20.8 Å². The number of hydrogen-bond donors (Lipinski definition) is 1. The van der Waals surface area contributed by atoms with E-state index >= 15 is 0 Å². The SMILES string of the molecule is CNc1nc(-c2cc(C)ccc2C)nc(C)c1Br. The van der Waals surface area contributed by atoms with E-state index in [9.17, 15) is 0 Å². The zero-order valence-corrected chi connectivity index (χ0v) is 12.6. The minimum atomic E-state index is 0.765. The molecule has 2 rings (SSSR count). The number of hydrogen-bond acceptors (Lipinski definition) is 3. The van der Waals surface area contributed by atoms with Crippen LogP contribution in [0.25, 0.3) is 11.4 Å². The van der Waals surface area contributed by atoms with Gasteiger partial charge in [-0.2, -0.15) is 0 Å². The third kappa shape index (κ3) is 2.38. The van der Waals surface area contributed by atoms with Gasteiger partial charge in [0.1, 0.15) is 5.82 Å². The Bertz CT molecular complexity index is 594. The van der Waals surface area contributed by atoms with Crippen LogP contribution in [0.1, 0.15) is 16.8 Å². The Hall–Kier alpha value is -1.42. The van der Waals surface area contributed by atoms with Crippen LogP contribution in [-0.2, 0) is 0 Å². The summed E-state index contributed by atoms with van der Waals surface area (Å²) < 4.78 is 0.916. The van der Waals surface area contributed by atoms with Gasteiger partial charge in [0, 0.05) is 12.6 Å². The van der Waals surface area contributed by atoms with Crippen molar-refractivity contribution in [3.05, 3.63) is 39.5 Å². The Balaban J connectivity index is 2.64. The van der Waals surface area contributed by atoms with Gasteiger partial charge < -0.3 is 5.32 Å². The van der Waals surface area contributed by atoms with E-state index in [1.165, 1.54) is 11.1 Å². The normalized spacial score (nSPS) is 10.5. The molecule has 3 nitrogen and oxygen atoms in total. The van der Waals surface area contributed by atoms with E-state index in [-0.39, 0.29) is 0 Å². The summed E-state index contributed by atoms with van der Waals surface area (Å²) in [7, 11) is 1.86. The molecule has 18 heavy (non-hydrogen) atoms. The third-order valence-electron chi connectivity index (χ3n) is 2.89. The zero-order valence-electron chi connectivity index (χ0n) is 11.0. The Morgan fingerprint density at radius 1 is 1.11 bits per heavy atom. The van der Waals surface area contributed by atoms with Crippen molar-refractivity contribution in [1.29, 1.82) is 0 Å². The van der Waals surface area contributed by atoms with Gasteiger partial charge >= 0.3 is 0 Å². The number of benzene rings is 1. The van der Waals surface area contributed by atoms with E-state index in [1.807, 2.05) is 14.0 Å². The van der Waals surface area contributed by atoms with Crippen LogP contribution in [0, 0.1) is 20.8 Å². The maximum Gasteiger partial charge on any atom is 0.162 e. The Labute approximate surface area is 116 Å². The molecule has 1 N–H and O–H groups in total. The van der Waals surface area contributed by atoms with Crippen molar-refractivity contribution in [3.63, 3.8) is 0 Å². The summed E-state index contributed by atoms with van der Waals surface area (Å²) in [6.07, 6.45) is 0. The Morgan fingerprint density at radius 2 is 1.83 bits per heavy atom. The van der Waals surface area contributed by atoms with Gasteiger partial charge in [-0.15, -0.1) is 0 Å². The second-order valence-corrected chi connectivity index (χ2v) is 5.16. The van der Waals surface area contributed by atoms with Crippen LogP contribution in [0.15, 0.2) is 22.7 Å². The molecular formula is C14H16BrN3. The van der Waals surface area contributed by atoms with E-state index in [0.29, 0.717) is 0 Å². The molecule has 0 amide bonds. The fourth-order valence-electron chi connectivity index (χ4n) is 1.82. The first-order valence-electron chi connectivity index (χ1n) is 5.82. The number of anilines is 1. The van der Waals surface area contributed by atoms with Gasteiger partial charge in [0.05, 0.1) is 10.2 Å². The van der Waals surface area contributed by atoms with Crippen molar-refractivity contribution in [1.82, 2.24) is 9.97 Å². The summed E-state index contributed by atoms with van der Waals surface area (Å²) in [4.78, 5) is 9.11. The van der Waals surface area contributed by atoms with Gasteiger partial charge in [0.2, 0.25) is 0 Å². The maximum absolute atomic E-state index is 4.56. The molecule has 2 aromatic rings. The van der Waals surface area contributed by atoms with Crippen LogP contribution in [0.3, 0.4) is 0 Å². The van der Waals surface area contributed by atoms with Gasteiger partial charge in [-0.3, -0.25) is 0 Å². The number of nitrogens with zero attached hydrogens (tertiary/aromatic N) is 2. The summed E-state index contributed by atoms with van der Waals surface area (Å²) in [5.41, 5.74) is 4.42. The van der Waals surface area contributed by atoms with Gasteiger partial charge in [-0.1, -0.05) is 17.7 Å². The lowest BCUT2D eigenvalue weighted by Crippen LogP contribution is -2.01. The second-order valence-electron chi connectivity index (χ2n) is 4.36. The van der Waals surface area contributed by atoms with Crippen LogP contribution in [0.5, 0.6) is 0 Å². The Kier molecular flexibility index (Phi) is 3.66. The molecule has 0 saturated carbocycles. The average Bonchev–Trinajstić information content (AvgIpc) is 2.35. The summed E-state index contributed by atoms with van der Waals surface area (Å²) in [6.45, 7) is 6.13. The molecular weight excluding hydrogens is 290 g/mol. The zero-order chi connectivity index (χ0) is 13.3. The van der Waals surface area contributed by atoms with E-state index in [1.54, 1.807) is 0 Å². The molecule has 0 saturated heterocycles. The highest BCUT2D eigenvalue weighted by Gasteiger charge is 2.11. The molecule has 0 aliphatic heterocycles. The monoisotopic (exact) mass is 305 g/mol. The smallest absolute Gasteiger partial charge is 0.162 e. The van der Waals surface area contributed by atoms with Crippen LogP contribution in [0.4, 0.5) is 5.82 Å². The number of halogens is 1. The third-order valence-corrected chi connectivity index (χ3v) is 3.84. The summed E-state index contributed by atoms with van der Waals surface area (Å²) in [5.74, 6) is 1.58. The lowest BCUT2D eigenvalue weighted by Gasteiger charge is -2.11. The molecule has 4 heteroatoms. The molecule has 94 valence electrons. The van der Waals surface area contributed by atoms with Gasteiger partial charge in [-0.25, -0.2) is 9.97 Å². The predicted octanol–water partition coefficient (Wildman–Crippen LogP) is 3.87. The van der Waals surface area contributed by atoms with Gasteiger partial charge in [0.15, 0.2) is 5.82 Å². The van der Waals surface area contributed by atoms with E-state index in [4.69, 9.17) is 0 Å². The molecule has 0 spiro atoms. The first kappa shape index (κ1) is 13.0. The van der Waals surface area contributed by atoms with Crippen molar-refractivity contribution >= 4 is 21.7 Å². The molecule has 1 aromatic heterocycles. The molecule has 0 unspecified atom stereocenters. The number of aryl methyl sites for hydroxylation is 3. The summed E-state index contributed by atoms with van der Waals surface area (Å²) >= 11 is 3.49. The molecule has 0 bridgehead atoms. The lowest BCUT2D eigenvalue weighted by atomic mass is 10.1. The van der Waals surface area contributed by atoms with Gasteiger partial charge in [-0.05, 0) is 48.3 Å². The van der Waals surface area contributed by atoms with Crippen LogP contribution < -0.4 is 5.32 Å². The summed E-state index contributed by atoms with van der Waals surface area (Å²) in [6, 6.07) is 6.32. The van der Waals surface area contributed by atoms with E-state index < -0.39 is 0 Å².